The molecule has 4 heterocycles. The fourth-order valence-electron chi connectivity index (χ4n) is 13.2. The highest BCUT2D eigenvalue weighted by atomic mass is 32.1. The normalized spacial score (nSPS) is 17.1. The predicted octanol–water partition coefficient (Wildman–Crippen LogP) is 15.5. The first-order valence-electron chi connectivity index (χ1n) is 31.3. The number of thiophene rings is 2. The van der Waals surface area contributed by atoms with E-state index in [4.69, 9.17) is 28.4 Å². The van der Waals surface area contributed by atoms with Gasteiger partial charge in [0.2, 0.25) is 0 Å². The molecule has 14 nitrogen and oxygen atoms in total. The van der Waals surface area contributed by atoms with E-state index in [0.29, 0.717) is 33.4 Å². The minimum absolute atomic E-state index is 0.0174. The van der Waals surface area contributed by atoms with Crippen molar-refractivity contribution in [2.75, 3.05) is 0 Å². The summed E-state index contributed by atoms with van der Waals surface area (Å²) in [6.45, 7) is -1.33. The Morgan fingerprint density at radius 2 is 0.650 bits per heavy atom. The Kier molecular flexibility index (Phi) is 15.4. The molecule has 0 fully saturated rings. The summed E-state index contributed by atoms with van der Waals surface area (Å²) in [6, 6.07) is 46.5. The van der Waals surface area contributed by atoms with Gasteiger partial charge in [-0.2, -0.15) is 0 Å². The quantitative estimate of drug-likeness (QED) is 0.0249. The summed E-state index contributed by atoms with van der Waals surface area (Å²) in [5.74, 6) is -13.9. The lowest BCUT2D eigenvalue weighted by Gasteiger charge is -2.41. The Hall–Kier alpha value is -12.0. The van der Waals surface area contributed by atoms with Crippen molar-refractivity contribution in [1.29, 1.82) is 0 Å². The van der Waals surface area contributed by atoms with Crippen LogP contribution in [0.1, 0.15) is 94.3 Å². The minimum Gasteiger partial charge on any atom is -0.459 e. The van der Waals surface area contributed by atoms with E-state index in [0.717, 1.165) is 46.9 Å². The summed E-state index contributed by atoms with van der Waals surface area (Å²) in [7, 11) is 0. The van der Waals surface area contributed by atoms with E-state index in [9.17, 15) is 36.7 Å². The molecular formula is C80H46F4O14S2. The summed E-state index contributed by atoms with van der Waals surface area (Å²) in [6.07, 6.45) is 9.46. The summed E-state index contributed by atoms with van der Waals surface area (Å²) < 4.78 is 96.1. The van der Waals surface area contributed by atoms with Crippen molar-refractivity contribution in [3.8, 4) is 0 Å². The molecule has 2 aliphatic heterocycles. The molecule has 6 aliphatic rings. The maximum Gasteiger partial charge on any atom is 0.367 e. The zero-order chi connectivity index (χ0) is 68.9. The fourth-order valence-corrected chi connectivity index (χ4v) is 15.6. The van der Waals surface area contributed by atoms with E-state index < -0.39 is 93.3 Å². The third-order valence-electron chi connectivity index (χ3n) is 18.2. The Bertz CT molecular complexity index is 4920. The highest BCUT2D eigenvalue weighted by Gasteiger charge is 2.62. The molecule has 0 spiro atoms. The third-order valence-corrected chi connectivity index (χ3v) is 20.5. The van der Waals surface area contributed by atoms with Crippen molar-refractivity contribution in [3.63, 3.8) is 0 Å². The number of carbonyl (C=O) groups excluding carboxylic acids is 8. The van der Waals surface area contributed by atoms with Crippen LogP contribution >= 0.6 is 22.7 Å². The molecule has 4 aliphatic carbocycles. The minimum atomic E-state index is -2.76. The lowest BCUT2D eigenvalue weighted by molar-refractivity contribution is -0.191. The van der Waals surface area contributed by atoms with Gasteiger partial charge in [-0.3, -0.25) is 19.2 Å². The van der Waals surface area contributed by atoms with Crippen molar-refractivity contribution >= 4 is 115 Å². The van der Waals surface area contributed by atoms with Gasteiger partial charge in [-0.25, -0.2) is 36.7 Å². The molecule has 100 heavy (non-hydrogen) atoms. The van der Waals surface area contributed by atoms with E-state index >= 15 is 19.2 Å². The molecule has 2 aromatic heterocycles. The van der Waals surface area contributed by atoms with Gasteiger partial charge in [0.25, 0.3) is 0 Å². The van der Waals surface area contributed by atoms with Crippen molar-refractivity contribution in [3.05, 3.63) is 327 Å². The highest BCUT2D eigenvalue weighted by Crippen LogP contribution is 2.57. The number of fused-ring (bicyclic) bond motifs is 11. The first kappa shape index (κ1) is 62.8. The molecule has 0 amide bonds. The number of ketones is 4. The van der Waals surface area contributed by atoms with Crippen LogP contribution in [0.4, 0.5) is 17.6 Å². The van der Waals surface area contributed by atoms with Crippen LogP contribution < -0.4 is 0 Å². The van der Waals surface area contributed by atoms with Gasteiger partial charge >= 0.3 is 35.1 Å². The van der Waals surface area contributed by atoms with Gasteiger partial charge in [0, 0.05) is 75.9 Å². The van der Waals surface area contributed by atoms with Crippen molar-refractivity contribution in [1.82, 2.24) is 0 Å². The average Bonchev–Trinajstić information content (AvgIpc) is 1.33. The largest absolute Gasteiger partial charge is 0.459 e. The fraction of sp³-hybridized carbons (Fsp3) is 0.100. The number of benzene rings is 8. The number of rotatable bonds is 14. The van der Waals surface area contributed by atoms with Crippen LogP contribution in [0.25, 0.3) is 44.8 Å². The van der Waals surface area contributed by atoms with Crippen molar-refractivity contribution in [2.45, 2.75) is 37.6 Å². The van der Waals surface area contributed by atoms with Gasteiger partial charge in [-0.05, 0) is 129 Å². The van der Waals surface area contributed by atoms with Crippen LogP contribution in [0, 0.1) is 35.1 Å². The molecule has 0 bridgehead atoms. The predicted molar refractivity (Wildman–Crippen MR) is 359 cm³/mol. The SMILES string of the molecule is O=C1C(=Cc2cc3c(s2)C2=CC4C=C5OC(C(=O)OCc6ccccc6)(C(=O)OCc6ccccc6)c6cc(C=C7C(=O)c8cc9cc(F)c(F)cc9cc8C7=O)sc6C5=CC4C=C2OC3(C(=O)OCc2ccccc2)C(=O)OCc2ccccc2)C(=O)c2cc3cc(F)c(F)cc3cc21. The Balaban J connectivity index is 0.849. The van der Waals surface area contributed by atoms with Gasteiger partial charge in [-0.15, -0.1) is 22.7 Å². The second-order valence-corrected chi connectivity index (χ2v) is 26.6. The van der Waals surface area contributed by atoms with Crippen LogP contribution in [-0.2, 0) is 85.2 Å². The molecule has 20 heteroatoms. The number of Topliss-reactive ketones (excluding diaryl/α,β-unsaturated/α-hetero) is 4. The zero-order valence-corrected chi connectivity index (χ0v) is 53.4. The molecular weight excluding hydrogens is 1320 g/mol. The second-order valence-electron chi connectivity index (χ2n) is 24.4. The molecule has 2 unspecified atom stereocenters. The molecule has 0 N–H and O–H groups in total. The molecule has 16 rings (SSSR count). The zero-order valence-electron chi connectivity index (χ0n) is 51.8. The Morgan fingerprint density at radius 1 is 0.380 bits per heavy atom. The smallest absolute Gasteiger partial charge is 0.367 e. The van der Waals surface area contributed by atoms with E-state index in [1.807, 2.05) is 0 Å². The molecule has 8 aromatic carbocycles. The second kappa shape index (κ2) is 24.5. The lowest BCUT2D eigenvalue weighted by Crippen LogP contribution is -2.51. The average molecular weight is 1370 g/mol. The summed E-state index contributed by atoms with van der Waals surface area (Å²) in [5.41, 5.74) is -3.77. The van der Waals surface area contributed by atoms with Gasteiger partial charge < -0.3 is 28.4 Å². The van der Waals surface area contributed by atoms with Crippen LogP contribution in [-0.4, -0.2) is 47.0 Å². The number of esters is 4. The van der Waals surface area contributed by atoms with Gasteiger partial charge in [0.15, 0.2) is 46.4 Å². The number of allylic oxidation sites excluding steroid dienone is 8. The Labute approximate surface area is 572 Å². The van der Waals surface area contributed by atoms with E-state index in [2.05, 4.69) is 0 Å². The third kappa shape index (κ3) is 10.6. The lowest BCUT2D eigenvalue weighted by atomic mass is 9.75. The molecule has 10 aromatic rings. The molecule has 0 radical (unpaired) electrons. The molecule has 2 atom stereocenters. The number of ether oxygens (including phenoxy) is 6. The summed E-state index contributed by atoms with van der Waals surface area (Å²) >= 11 is 1.98. The Morgan fingerprint density at radius 3 is 0.920 bits per heavy atom. The van der Waals surface area contributed by atoms with Crippen LogP contribution in [0.3, 0.4) is 0 Å². The van der Waals surface area contributed by atoms with Crippen LogP contribution in [0.2, 0.25) is 0 Å². The standard InChI is InChI=1S/C80H46F4O14S2/c81-63-27-45-21-53-54(22-46(45)28-64(63)82)70(86)59(69(53)85)33-51-35-61-73(99-51)57-25-50-32-68-58(26-49(50)31-67(57)97-79(61,75(89)93-37-41-13-5-1-6-14-41)76(90)94-38-42-15-7-2-8-16-42)74-62(36-52(100-74)34-60-71(87)55-23-47-29-65(83)66(84)30-48(47)24-56(55)72(60)88)80(98-68,77(91)95-39-43-17-9-3-10-18-43)78(92)96-40-44-19-11-4-12-20-44/h1-36,49-50H,37-40H2. The molecule has 0 saturated heterocycles. The van der Waals surface area contributed by atoms with Crippen LogP contribution in [0.15, 0.2) is 229 Å². The number of hydrogen-bond acceptors (Lipinski definition) is 16. The van der Waals surface area contributed by atoms with Gasteiger partial charge in [0.05, 0.1) is 11.1 Å². The van der Waals surface area contributed by atoms with Gasteiger partial charge in [-0.1, -0.05) is 133 Å². The maximum absolute atomic E-state index is 15.4. The molecule has 0 saturated carbocycles. The van der Waals surface area contributed by atoms with Crippen molar-refractivity contribution in [2.24, 2.45) is 11.8 Å². The van der Waals surface area contributed by atoms with E-state index in [1.54, 1.807) is 146 Å². The molecule has 490 valence electrons. The summed E-state index contributed by atoms with van der Waals surface area (Å²) in [4.78, 5) is 120. The first-order valence-corrected chi connectivity index (χ1v) is 32.9. The first-order chi connectivity index (χ1) is 48.4. The number of hydrogen-bond donors (Lipinski definition) is 0. The van der Waals surface area contributed by atoms with E-state index in [1.165, 1.54) is 48.6 Å². The van der Waals surface area contributed by atoms with Gasteiger partial charge in [0.1, 0.15) is 37.9 Å². The summed E-state index contributed by atoms with van der Waals surface area (Å²) in [5, 5.41) is 0.682. The van der Waals surface area contributed by atoms with E-state index in [-0.39, 0.29) is 124 Å². The van der Waals surface area contributed by atoms with Crippen LogP contribution in [0.5, 0.6) is 0 Å². The topological polar surface area (TPSA) is 192 Å². The van der Waals surface area contributed by atoms with Crippen molar-refractivity contribution < 1.29 is 84.3 Å². The number of carbonyl (C=O) groups is 8. The maximum atomic E-state index is 15.4. The monoisotopic (exact) mass is 1370 g/mol. The number of halogens is 4. The highest BCUT2D eigenvalue weighted by molar-refractivity contribution is 7.14.